The first-order valence-corrected chi connectivity index (χ1v) is 9.66. The molecule has 0 unspecified atom stereocenters. The second-order valence-corrected chi connectivity index (χ2v) is 7.61. The van der Waals surface area contributed by atoms with E-state index in [1.165, 1.54) is 53.9 Å². The number of nitrogens with zero attached hydrogens (tertiary/aromatic N) is 1. The molecular formula is C27H15N. The largest absolute Gasteiger partial charge is 0.247 e. The van der Waals surface area contributed by atoms with Crippen LogP contribution in [-0.2, 0) is 0 Å². The SMILES string of the molecule is C1=c2ccccc2=c2ccc3ccc4c5c(ccc4c3c21)-c1ccccc1N=5. The molecule has 7 rings (SSSR count). The standard InChI is InChI=1S/C27H15N/c1-2-6-18-17(5-1)15-24-19(18)11-9-16-10-12-23-21(26(16)24)13-14-22-20-7-3-4-8-25(20)28-27(22)23/h1-15H. The van der Waals surface area contributed by atoms with Gasteiger partial charge in [0.15, 0.2) is 0 Å². The summed E-state index contributed by atoms with van der Waals surface area (Å²) in [5.74, 6) is 0. The second-order valence-electron chi connectivity index (χ2n) is 7.61. The van der Waals surface area contributed by atoms with Crippen molar-refractivity contribution >= 4 is 33.3 Å². The molecule has 1 heteroatoms. The third-order valence-electron chi connectivity index (χ3n) is 6.17. The first-order chi connectivity index (χ1) is 13.9. The molecule has 0 atom stereocenters. The summed E-state index contributed by atoms with van der Waals surface area (Å²) in [7, 11) is 0. The van der Waals surface area contributed by atoms with Gasteiger partial charge in [-0.3, -0.25) is 0 Å². The normalized spacial score (nSPS) is 12.9. The molecule has 0 aromatic heterocycles. The zero-order chi connectivity index (χ0) is 18.2. The summed E-state index contributed by atoms with van der Waals surface area (Å²) in [6, 6.07) is 30.6. The summed E-state index contributed by atoms with van der Waals surface area (Å²) in [4.78, 5) is 4.97. The fraction of sp³-hybridized carbons (Fsp3) is 0. The number of para-hydroxylation sites is 1. The van der Waals surface area contributed by atoms with Crippen molar-refractivity contribution in [2.45, 2.75) is 0 Å². The van der Waals surface area contributed by atoms with E-state index in [-0.39, 0.29) is 0 Å². The van der Waals surface area contributed by atoms with Gasteiger partial charge in [-0.05, 0) is 49.5 Å². The molecule has 0 amide bonds. The Bertz CT molecular complexity index is 1710. The molecule has 28 heavy (non-hydrogen) atoms. The number of hydrogen-bond acceptors (Lipinski definition) is 1. The van der Waals surface area contributed by atoms with Gasteiger partial charge in [0, 0.05) is 16.5 Å². The third kappa shape index (κ3) is 1.69. The minimum absolute atomic E-state index is 1.07. The van der Waals surface area contributed by atoms with Crippen LogP contribution < -0.4 is 10.6 Å². The first-order valence-electron chi connectivity index (χ1n) is 9.66. The highest BCUT2D eigenvalue weighted by atomic mass is 14.8. The average molecular weight is 353 g/mol. The fourth-order valence-corrected chi connectivity index (χ4v) is 4.91. The van der Waals surface area contributed by atoms with Gasteiger partial charge >= 0.3 is 0 Å². The highest BCUT2D eigenvalue weighted by molar-refractivity contribution is 6.12. The Balaban J connectivity index is 1.70. The van der Waals surface area contributed by atoms with Crippen LogP contribution >= 0.6 is 0 Å². The smallest absolute Gasteiger partial charge is 0.0794 e. The maximum Gasteiger partial charge on any atom is 0.0794 e. The van der Waals surface area contributed by atoms with Crippen molar-refractivity contribution in [3.63, 3.8) is 0 Å². The van der Waals surface area contributed by atoms with Crippen molar-refractivity contribution in [3.05, 3.63) is 112 Å². The van der Waals surface area contributed by atoms with Crippen LogP contribution in [0.2, 0.25) is 0 Å². The van der Waals surface area contributed by atoms with Crippen LogP contribution in [0, 0.1) is 10.4 Å². The van der Waals surface area contributed by atoms with Crippen molar-refractivity contribution in [2.75, 3.05) is 0 Å². The minimum Gasteiger partial charge on any atom is -0.247 e. The zero-order valence-corrected chi connectivity index (χ0v) is 15.1. The average Bonchev–Trinajstić information content (AvgIpc) is 3.31. The van der Waals surface area contributed by atoms with Crippen molar-refractivity contribution in [1.29, 1.82) is 0 Å². The maximum atomic E-state index is 4.97. The molecule has 1 nitrogen and oxygen atoms in total. The van der Waals surface area contributed by atoms with Gasteiger partial charge in [0.25, 0.3) is 0 Å². The first kappa shape index (κ1) is 14.4. The van der Waals surface area contributed by atoms with Crippen molar-refractivity contribution in [3.8, 4) is 11.1 Å². The topological polar surface area (TPSA) is 12.4 Å². The van der Waals surface area contributed by atoms with Gasteiger partial charge in [-0.15, -0.1) is 0 Å². The van der Waals surface area contributed by atoms with Gasteiger partial charge in [-0.2, -0.15) is 0 Å². The van der Waals surface area contributed by atoms with Crippen LogP contribution in [0.4, 0.5) is 5.69 Å². The lowest BCUT2D eigenvalue weighted by Crippen LogP contribution is -2.03. The van der Waals surface area contributed by atoms with Gasteiger partial charge in [0.05, 0.1) is 11.0 Å². The summed E-state index contributed by atoms with van der Waals surface area (Å²) >= 11 is 0. The Hall–Kier alpha value is -3.71. The number of fused-ring (bicyclic) bond motifs is 10. The van der Waals surface area contributed by atoms with Crippen LogP contribution in [0.15, 0.2) is 89.9 Å². The molecule has 0 radical (unpaired) electrons. The minimum atomic E-state index is 1.07. The highest BCUT2D eigenvalue weighted by Gasteiger charge is 2.17. The molecule has 1 heterocycles. The molecule has 0 N–H and O–H groups in total. The van der Waals surface area contributed by atoms with Crippen LogP contribution in [0.5, 0.6) is 0 Å². The lowest BCUT2D eigenvalue weighted by Gasteiger charge is -2.08. The van der Waals surface area contributed by atoms with E-state index in [0.717, 1.165) is 11.0 Å². The molecule has 2 aliphatic rings. The van der Waals surface area contributed by atoms with Crippen molar-refractivity contribution in [1.82, 2.24) is 0 Å². The Labute approximate surface area is 161 Å². The van der Waals surface area contributed by atoms with Gasteiger partial charge in [0.1, 0.15) is 0 Å². The molecule has 128 valence electrons. The molecule has 1 aliphatic carbocycles. The Morgan fingerprint density at radius 1 is 0.571 bits per heavy atom. The molecule has 0 saturated carbocycles. The molecule has 5 aromatic rings. The van der Waals surface area contributed by atoms with Crippen LogP contribution in [-0.4, -0.2) is 0 Å². The summed E-state index contributed by atoms with van der Waals surface area (Å²) in [6.07, 6.45) is 2.34. The fourth-order valence-electron chi connectivity index (χ4n) is 4.91. The predicted octanol–water partition coefficient (Wildman–Crippen LogP) is 5.35. The zero-order valence-electron chi connectivity index (χ0n) is 15.1. The van der Waals surface area contributed by atoms with Gasteiger partial charge in [-0.25, -0.2) is 4.99 Å². The number of hydrogen-bond donors (Lipinski definition) is 0. The van der Waals surface area contributed by atoms with E-state index < -0.39 is 0 Å². The van der Waals surface area contributed by atoms with Gasteiger partial charge in [-0.1, -0.05) is 78.9 Å². The quantitative estimate of drug-likeness (QED) is 0.326. The summed E-state index contributed by atoms with van der Waals surface area (Å²) < 4.78 is 0. The number of rotatable bonds is 0. The van der Waals surface area contributed by atoms with Gasteiger partial charge < -0.3 is 0 Å². The molecule has 0 fully saturated rings. The van der Waals surface area contributed by atoms with Crippen LogP contribution in [0.1, 0.15) is 5.56 Å². The van der Waals surface area contributed by atoms with Crippen LogP contribution in [0.3, 0.4) is 0 Å². The van der Waals surface area contributed by atoms with E-state index in [2.05, 4.69) is 91.0 Å². The van der Waals surface area contributed by atoms with E-state index in [0.29, 0.717) is 0 Å². The highest BCUT2D eigenvalue weighted by Crippen LogP contribution is 2.36. The summed E-state index contributed by atoms with van der Waals surface area (Å²) in [5.41, 5.74) is 4.88. The molecule has 0 saturated heterocycles. The molecule has 1 aliphatic heterocycles. The Kier molecular flexibility index (Phi) is 2.54. The van der Waals surface area contributed by atoms with E-state index in [9.17, 15) is 0 Å². The van der Waals surface area contributed by atoms with Crippen LogP contribution in [0.25, 0.3) is 38.7 Å². The predicted molar refractivity (Wildman–Crippen MR) is 115 cm³/mol. The molecule has 0 spiro atoms. The van der Waals surface area contributed by atoms with Gasteiger partial charge in [0.2, 0.25) is 0 Å². The summed E-state index contributed by atoms with van der Waals surface area (Å²) in [6.45, 7) is 0. The lowest BCUT2D eigenvalue weighted by molar-refractivity contribution is 1.45. The van der Waals surface area contributed by atoms with Crippen molar-refractivity contribution in [2.24, 2.45) is 4.99 Å². The van der Waals surface area contributed by atoms with E-state index >= 15 is 0 Å². The van der Waals surface area contributed by atoms with E-state index in [1.54, 1.807) is 0 Å². The second kappa shape index (κ2) is 4.96. The third-order valence-corrected chi connectivity index (χ3v) is 6.17. The number of benzene rings is 5. The Morgan fingerprint density at radius 2 is 1.39 bits per heavy atom. The van der Waals surface area contributed by atoms with E-state index in [1.807, 2.05) is 0 Å². The molecule has 0 bridgehead atoms. The Morgan fingerprint density at radius 3 is 2.39 bits per heavy atom. The monoisotopic (exact) mass is 353 g/mol. The van der Waals surface area contributed by atoms with E-state index in [4.69, 9.17) is 4.99 Å². The van der Waals surface area contributed by atoms with Crippen molar-refractivity contribution < 1.29 is 0 Å². The summed E-state index contributed by atoms with van der Waals surface area (Å²) in [5, 5.41) is 10.2. The molecule has 5 aromatic carbocycles. The lowest BCUT2D eigenvalue weighted by atomic mass is 9.94. The molecular weight excluding hydrogens is 338 g/mol. The maximum absolute atomic E-state index is 4.97.